The predicted octanol–water partition coefficient (Wildman–Crippen LogP) is 1.04. The zero-order valence-electron chi connectivity index (χ0n) is 8.01. The van der Waals surface area contributed by atoms with E-state index in [2.05, 4.69) is 12.2 Å². The van der Waals surface area contributed by atoms with Crippen LogP contribution in [0.5, 0.6) is 0 Å². The second kappa shape index (κ2) is 4.46. The summed E-state index contributed by atoms with van der Waals surface area (Å²) in [5.41, 5.74) is -0.0213. The first-order chi connectivity index (χ1) is 6.22. The summed E-state index contributed by atoms with van der Waals surface area (Å²) < 4.78 is 4.72. The maximum atomic E-state index is 11.1. The first-order valence-corrected chi connectivity index (χ1v) is 4.78. The quantitative estimate of drug-likeness (QED) is 0.691. The molecule has 2 N–H and O–H groups in total. The van der Waals surface area contributed by atoms with Crippen molar-refractivity contribution in [2.45, 2.75) is 38.1 Å². The van der Waals surface area contributed by atoms with E-state index in [1.807, 2.05) is 0 Å². The van der Waals surface area contributed by atoms with Crippen LogP contribution in [0.4, 0.5) is 4.79 Å². The zero-order chi connectivity index (χ0) is 9.73. The molecule has 4 nitrogen and oxygen atoms in total. The van der Waals surface area contributed by atoms with Gasteiger partial charge < -0.3 is 15.2 Å². The maximum Gasteiger partial charge on any atom is 0.407 e. The lowest BCUT2D eigenvalue weighted by Crippen LogP contribution is -2.53. The Bertz CT molecular complexity index is 172. The Morgan fingerprint density at radius 2 is 2.31 bits per heavy atom. The molecule has 1 amide bonds. The van der Waals surface area contributed by atoms with E-state index in [1.54, 1.807) is 0 Å². The topological polar surface area (TPSA) is 58.6 Å². The molecule has 4 heteroatoms. The van der Waals surface area contributed by atoms with E-state index < -0.39 is 6.09 Å². The van der Waals surface area contributed by atoms with Crippen LogP contribution in [0, 0.1) is 0 Å². The Morgan fingerprint density at radius 1 is 1.62 bits per heavy atom. The minimum atomic E-state index is -0.407. The summed E-state index contributed by atoms with van der Waals surface area (Å²) in [4.78, 5) is 11.1. The molecule has 76 valence electrons. The number of ether oxygens (including phenoxy) is 1. The van der Waals surface area contributed by atoms with Crippen LogP contribution in [0.1, 0.15) is 32.6 Å². The first-order valence-electron chi connectivity index (χ1n) is 4.78. The Labute approximate surface area is 78.3 Å². The number of carbonyl (C=O) groups is 1. The summed E-state index contributed by atoms with van der Waals surface area (Å²) in [6.07, 6.45) is 3.79. The van der Waals surface area contributed by atoms with Gasteiger partial charge in [0.05, 0.1) is 6.61 Å². The minimum absolute atomic E-state index is 0.0213. The van der Waals surface area contributed by atoms with E-state index in [4.69, 9.17) is 9.84 Å². The monoisotopic (exact) mass is 187 g/mol. The van der Waals surface area contributed by atoms with Gasteiger partial charge in [0.2, 0.25) is 0 Å². The van der Waals surface area contributed by atoms with Crippen LogP contribution in [0.15, 0.2) is 0 Å². The van der Waals surface area contributed by atoms with Crippen molar-refractivity contribution in [3.8, 4) is 0 Å². The lowest BCUT2D eigenvalue weighted by molar-refractivity contribution is 0.0934. The summed E-state index contributed by atoms with van der Waals surface area (Å²) in [5.74, 6) is 0. The van der Waals surface area contributed by atoms with Gasteiger partial charge in [-0.05, 0) is 25.7 Å². The van der Waals surface area contributed by atoms with Crippen LogP contribution < -0.4 is 5.32 Å². The van der Waals surface area contributed by atoms with Crippen molar-refractivity contribution in [2.75, 3.05) is 13.2 Å². The second-order valence-corrected chi connectivity index (χ2v) is 3.47. The number of carbonyl (C=O) groups excluding carboxylic acids is 1. The van der Waals surface area contributed by atoms with Gasteiger partial charge in [0.15, 0.2) is 0 Å². The Hall–Kier alpha value is -0.770. The molecule has 1 fully saturated rings. The second-order valence-electron chi connectivity index (χ2n) is 3.47. The van der Waals surface area contributed by atoms with Crippen LogP contribution in [0.3, 0.4) is 0 Å². The smallest absolute Gasteiger partial charge is 0.407 e. The fraction of sp³-hybridized carbons (Fsp3) is 0.889. The van der Waals surface area contributed by atoms with Gasteiger partial charge in [-0.1, -0.05) is 6.92 Å². The Morgan fingerprint density at radius 3 is 2.69 bits per heavy atom. The fourth-order valence-corrected chi connectivity index (χ4v) is 1.56. The molecule has 0 bridgehead atoms. The normalized spacial score (nSPS) is 18.9. The summed E-state index contributed by atoms with van der Waals surface area (Å²) >= 11 is 0. The lowest BCUT2D eigenvalue weighted by Gasteiger charge is -2.41. The molecule has 13 heavy (non-hydrogen) atoms. The number of hydrogen-bond acceptors (Lipinski definition) is 3. The molecule has 0 saturated heterocycles. The number of nitrogens with one attached hydrogen (secondary N) is 1. The van der Waals surface area contributed by atoms with Gasteiger partial charge in [0, 0.05) is 5.54 Å². The lowest BCUT2D eigenvalue weighted by atomic mass is 9.75. The van der Waals surface area contributed by atoms with Gasteiger partial charge >= 0.3 is 6.09 Å². The number of amides is 1. The van der Waals surface area contributed by atoms with Crippen molar-refractivity contribution in [3.63, 3.8) is 0 Å². The molecule has 0 atom stereocenters. The van der Waals surface area contributed by atoms with E-state index in [1.165, 1.54) is 6.42 Å². The Balaban J connectivity index is 2.25. The highest BCUT2D eigenvalue weighted by Gasteiger charge is 2.36. The number of aliphatic hydroxyl groups is 1. The summed E-state index contributed by atoms with van der Waals surface area (Å²) in [7, 11) is 0. The van der Waals surface area contributed by atoms with Gasteiger partial charge in [-0.3, -0.25) is 0 Å². The molecule has 0 heterocycles. The van der Waals surface area contributed by atoms with Crippen LogP contribution in [0.2, 0.25) is 0 Å². The molecule has 1 aliphatic rings. The summed E-state index contributed by atoms with van der Waals surface area (Å²) in [6.45, 7) is 2.02. The average molecular weight is 187 g/mol. The van der Waals surface area contributed by atoms with Gasteiger partial charge in [-0.25, -0.2) is 4.79 Å². The molecule has 0 aliphatic heterocycles. The number of hydrogen-bond donors (Lipinski definition) is 2. The van der Waals surface area contributed by atoms with Gasteiger partial charge in [-0.2, -0.15) is 0 Å². The van der Waals surface area contributed by atoms with Crippen molar-refractivity contribution >= 4 is 6.09 Å². The number of rotatable bonds is 4. The van der Waals surface area contributed by atoms with Crippen molar-refractivity contribution < 1.29 is 14.6 Å². The highest BCUT2D eigenvalue weighted by Crippen LogP contribution is 2.34. The van der Waals surface area contributed by atoms with Crippen molar-refractivity contribution in [3.05, 3.63) is 0 Å². The summed E-state index contributed by atoms with van der Waals surface area (Å²) in [5, 5.41) is 11.3. The molecule has 0 aromatic carbocycles. The molecule has 0 unspecified atom stereocenters. The zero-order valence-corrected chi connectivity index (χ0v) is 8.01. The minimum Gasteiger partial charge on any atom is -0.447 e. The average Bonchev–Trinajstić information content (AvgIpc) is 2.08. The molecule has 1 aliphatic carbocycles. The molecule has 0 radical (unpaired) electrons. The largest absolute Gasteiger partial charge is 0.447 e. The highest BCUT2D eigenvalue weighted by molar-refractivity contribution is 5.68. The van der Waals surface area contributed by atoms with Crippen molar-refractivity contribution in [2.24, 2.45) is 0 Å². The van der Waals surface area contributed by atoms with Crippen LogP contribution in [-0.4, -0.2) is 30.0 Å². The predicted molar refractivity (Wildman–Crippen MR) is 48.4 cm³/mol. The van der Waals surface area contributed by atoms with Gasteiger partial charge in [0.25, 0.3) is 0 Å². The Kier molecular flexibility index (Phi) is 3.54. The van der Waals surface area contributed by atoms with E-state index in [9.17, 15) is 4.79 Å². The van der Waals surface area contributed by atoms with E-state index in [0.29, 0.717) is 0 Å². The van der Waals surface area contributed by atoms with E-state index in [0.717, 1.165) is 19.3 Å². The number of aliphatic hydroxyl groups excluding tert-OH is 1. The summed E-state index contributed by atoms with van der Waals surface area (Å²) in [6, 6.07) is 0. The van der Waals surface area contributed by atoms with Crippen molar-refractivity contribution in [1.29, 1.82) is 0 Å². The molecular formula is C9H17NO3. The fourth-order valence-electron chi connectivity index (χ4n) is 1.56. The van der Waals surface area contributed by atoms with Crippen LogP contribution in [0.25, 0.3) is 0 Å². The molecule has 1 rings (SSSR count). The van der Waals surface area contributed by atoms with E-state index >= 15 is 0 Å². The van der Waals surface area contributed by atoms with E-state index in [-0.39, 0.29) is 18.8 Å². The van der Waals surface area contributed by atoms with Gasteiger partial charge in [-0.15, -0.1) is 0 Å². The van der Waals surface area contributed by atoms with Crippen LogP contribution in [-0.2, 0) is 4.74 Å². The third kappa shape index (κ3) is 2.59. The number of alkyl carbamates (subject to hydrolysis) is 1. The van der Waals surface area contributed by atoms with Crippen LogP contribution >= 0.6 is 0 Å². The van der Waals surface area contributed by atoms with Gasteiger partial charge in [0.1, 0.15) is 6.61 Å². The molecule has 0 aromatic rings. The maximum absolute atomic E-state index is 11.1. The molecule has 0 spiro atoms. The first kappa shape index (κ1) is 10.3. The third-order valence-corrected chi connectivity index (χ3v) is 2.68. The molecular weight excluding hydrogens is 170 g/mol. The SMILES string of the molecule is CCC1(NC(=O)OCCO)CCC1. The molecule has 0 aromatic heterocycles. The third-order valence-electron chi connectivity index (χ3n) is 2.68. The molecule has 1 saturated carbocycles. The highest BCUT2D eigenvalue weighted by atomic mass is 16.6. The van der Waals surface area contributed by atoms with Crippen molar-refractivity contribution in [1.82, 2.24) is 5.32 Å². The standard InChI is InChI=1S/C9H17NO3/c1-2-9(4-3-5-9)10-8(12)13-7-6-11/h11H,2-7H2,1H3,(H,10,12).